The lowest BCUT2D eigenvalue weighted by molar-refractivity contribution is 0.0706. The second-order valence-electron chi connectivity index (χ2n) is 7.01. The van der Waals surface area contributed by atoms with Crippen molar-refractivity contribution < 1.29 is 4.79 Å². The summed E-state index contributed by atoms with van der Waals surface area (Å²) in [5.41, 5.74) is 2.16. The standard InChI is InChI=1S/C20H23N7O/c1-15-12-19(22-14-21-15)25(2)16-8-10-26(11-9-16)20(28)18-13-23-27(24-18)17-6-4-3-5-7-17/h3-7,12-14,16H,8-11H2,1-2H3. The molecule has 0 N–H and O–H groups in total. The normalized spacial score (nSPS) is 14.9. The van der Waals surface area contributed by atoms with Crippen LogP contribution < -0.4 is 4.90 Å². The Hall–Kier alpha value is -3.29. The van der Waals surface area contributed by atoms with Gasteiger partial charge in [-0.2, -0.15) is 9.90 Å². The van der Waals surface area contributed by atoms with Crippen LogP contribution in [0.3, 0.4) is 0 Å². The first-order valence-corrected chi connectivity index (χ1v) is 9.40. The third-order valence-electron chi connectivity index (χ3n) is 5.15. The minimum Gasteiger partial charge on any atom is -0.356 e. The zero-order valence-electron chi connectivity index (χ0n) is 16.1. The molecule has 1 saturated heterocycles. The van der Waals surface area contributed by atoms with E-state index < -0.39 is 0 Å². The predicted octanol–water partition coefficient (Wildman–Crippen LogP) is 2.11. The van der Waals surface area contributed by atoms with Gasteiger partial charge in [0.1, 0.15) is 12.1 Å². The van der Waals surface area contributed by atoms with Gasteiger partial charge >= 0.3 is 0 Å². The van der Waals surface area contributed by atoms with Crippen molar-refractivity contribution in [3.05, 3.63) is 60.3 Å². The van der Waals surface area contributed by atoms with Gasteiger partial charge in [0.2, 0.25) is 0 Å². The number of aromatic nitrogens is 5. The Labute approximate surface area is 163 Å². The molecule has 0 radical (unpaired) electrons. The van der Waals surface area contributed by atoms with E-state index >= 15 is 0 Å². The highest BCUT2D eigenvalue weighted by molar-refractivity contribution is 5.92. The molecule has 8 heteroatoms. The van der Waals surface area contributed by atoms with Gasteiger partial charge < -0.3 is 9.80 Å². The van der Waals surface area contributed by atoms with Crippen LogP contribution in [0.1, 0.15) is 29.0 Å². The summed E-state index contributed by atoms with van der Waals surface area (Å²) in [5.74, 6) is 0.851. The number of amides is 1. The van der Waals surface area contributed by atoms with Crippen molar-refractivity contribution in [2.24, 2.45) is 0 Å². The monoisotopic (exact) mass is 377 g/mol. The molecule has 1 aliphatic heterocycles. The summed E-state index contributed by atoms with van der Waals surface area (Å²) >= 11 is 0. The summed E-state index contributed by atoms with van der Waals surface area (Å²) in [4.78, 5) is 26.9. The van der Waals surface area contributed by atoms with Crippen LogP contribution in [0, 0.1) is 6.92 Å². The summed E-state index contributed by atoms with van der Waals surface area (Å²) in [5, 5.41) is 8.58. The fourth-order valence-corrected chi connectivity index (χ4v) is 3.49. The first-order chi connectivity index (χ1) is 13.6. The molecule has 28 heavy (non-hydrogen) atoms. The highest BCUT2D eigenvalue weighted by Gasteiger charge is 2.28. The Balaban J connectivity index is 1.38. The number of likely N-dealkylation sites (tertiary alicyclic amines) is 1. The van der Waals surface area contributed by atoms with Gasteiger partial charge in [-0.25, -0.2) is 9.97 Å². The van der Waals surface area contributed by atoms with Gasteiger partial charge in [0.15, 0.2) is 5.69 Å². The van der Waals surface area contributed by atoms with E-state index in [0.717, 1.165) is 30.0 Å². The highest BCUT2D eigenvalue weighted by atomic mass is 16.2. The molecule has 3 aromatic rings. The lowest BCUT2D eigenvalue weighted by Gasteiger charge is -2.37. The fraction of sp³-hybridized carbons (Fsp3) is 0.350. The molecule has 1 aromatic carbocycles. The van der Waals surface area contributed by atoms with Crippen molar-refractivity contribution in [2.75, 3.05) is 25.0 Å². The smallest absolute Gasteiger partial charge is 0.276 e. The van der Waals surface area contributed by atoms with E-state index in [4.69, 9.17) is 0 Å². The molecular formula is C20H23N7O. The average Bonchev–Trinajstić information content (AvgIpc) is 3.24. The van der Waals surface area contributed by atoms with Gasteiger partial charge in [-0.15, -0.1) is 5.10 Å². The third kappa shape index (κ3) is 3.71. The van der Waals surface area contributed by atoms with E-state index in [1.54, 1.807) is 6.33 Å². The molecule has 1 fully saturated rings. The van der Waals surface area contributed by atoms with Crippen molar-refractivity contribution in [1.82, 2.24) is 29.9 Å². The van der Waals surface area contributed by atoms with E-state index in [1.165, 1.54) is 11.0 Å². The number of anilines is 1. The largest absolute Gasteiger partial charge is 0.356 e. The summed E-state index contributed by atoms with van der Waals surface area (Å²) in [7, 11) is 2.05. The van der Waals surface area contributed by atoms with Crippen LogP contribution in [-0.4, -0.2) is 61.9 Å². The summed E-state index contributed by atoms with van der Waals surface area (Å²) in [6.07, 6.45) is 4.91. The fourth-order valence-electron chi connectivity index (χ4n) is 3.49. The zero-order chi connectivity index (χ0) is 19.5. The molecule has 2 aromatic heterocycles. The maximum Gasteiger partial charge on any atom is 0.276 e. The molecule has 0 bridgehead atoms. The number of aryl methyl sites for hydroxylation is 1. The number of hydrogen-bond acceptors (Lipinski definition) is 6. The number of hydrogen-bond donors (Lipinski definition) is 0. The lowest BCUT2D eigenvalue weighted by Crippen LogP contribution is -2.46. The molecule has 3 heterocycles. The average molecular weight is 377 g/mol. The van der Waals surface area contributed by atoms with E-state index in [9.17, 15) is 4.79 Å². The van der Waals surface area contributed by atoms with E-state index in [2.05, 4.69) is 32.1 Å². The van der Waals surface area contributed by atoms with Gasteiger partial charge in [0, 0.05) is 37.9 Å². The van der Waals surface area contributed by atoms with Crippen molar-refractivity contribution in [3.8, 4) is 5.69 Å². The van der Waals surface area contributed by atoms with Crippen molar-refractivity contribution in [2.45, 2.75) is 25.8 Å². The van der Waals surface area contributed by atoms with Crippen LogP contribution in [0.2, 0.25) is 0 Å². The van der Waals surface area contributed by atoms with Crippen LogP contribution in [-0.2, 0) is 0 Å². The first-order valence-electron chi connectivity index (χ1n) is 9.40. The number of benzene rings is 1. The molecular weight excluding hydrogens is 354 g/mol. The van der Waals surface area contributed by atoms with Crippen LogP contribution in [0.25, 0.3) is 5.69 Å². The molecule has 0 saturated carbocycles. The SMILES string of the molecule is Cc1cc(N(C)C2CCN(C(=O)c3cnn(-c4ccccc4)n3)CC2)ncn1. The number of rotatable bonds is 4. The van der Waals surface area contributed by atoms with E-state index in [0.29, 0.717) is 24.8 Å². The molecule has 8 nitrogen and oxygen atoms in total. The van der Waals surface area contributed by atoms with Gasteiger partial charge in [0.25, 0.3) is 5.91 Å². The van der Waals surface area contributed by atoms with Crippen LogP contribution in [0.4, 0.5) is 5.82 Å². The van der Waals surface area contributed by atoms with Crippen molar-refractivity contribution in [1.29, 1.82) is 0 Å². The Morgan fingerprint density at radius 2 is 1.89 bits per heavy atom. The minimum atomic E-state index is -0.0684. The molecule has 4 rings (SSSR count). The second-order valence-corrected chi connectivity index (χ2v) is 7.01. The van der Waals surface area contributed by atoms with E-state index in [1.807, 2.05) is 48.2 Å². The maximum absolute atomic E-state index is 12.8. The first kappa shape index (κ1) is 18.1. The third-order valence-corrected chi connectivity index (χ3v) is 5.15. The minimum absolute atomic E-state index is 0.0684. The molecule has 1 aliphatic rings. The number of nitrogens with zero attached hydrogens (tertiary/aromatic N) is 7. The van der Waals surface area contributed by atoms with Crippen LogP contribution in [0.5, 0.6) is 0 Å². The topological polar surface area (TPSA) is 80.0 Å². The summed E-state index contributed by atoms with van der Waals surface area (Å²) in [6, 6.07) is 11.9. The van der Waals surface area contributed by atoms with E-state index in [-0.39, 0.29) is 5.91 Å². The van der Waals surface area contributed by atoms with Crippen LogP contribution in [0.15, 0.2) is 48.9 Å². The second kappa shape index (κ2) is 7.75. The van der Waals surface area contributed by atoms with Gasteiger partial charge in [-0.3, -0.25) is 4.79 Å². The van der Waals surface area contributed by atoms with Crippen LogP contribution >= 0.6 is 0 Å². The lowest BCUT2D eigenvalue weighted by atomic mass is 10.0. The number of para-hydroxylation sites is 1. The van der Waals surface area contributed by atoms with Crippen molar-refractivity contribution >= 4 is 11.7 Å². The van der Waals surface area contributed by atoms with Crippen molar-refractivity contribution in [3.63, 3.8) is 0 Å². The summed E-state index contributed by atoms with van der Waals surface area (Å²) in [6.45, 7) is 3.34. The Morgan fingerprint density at radius 1 is 1.14 bits per heavy atom. The predicted molar refractivity (Wildman–Crippen MR) is 105 cm³/mol. The Bertz CT molecular complexity index is 948. The molecule has 144 valence electrons. The van der Waals surface area contributed by atoms with Gasteiger partial charge in [-0.1, -0.05) is 18.2 Å². The number of piperidine rings is 1. The molecule has 0 aliphatic carbocycles. The Morgan fingerprint density at radius 3 is 2.61 bits per heavy atom. The highest BCUT2D eigenvalue weighted by Crippen LogP contribution is 2.21. The molecule has 1 amide bonds. The number of carbonyl (C=O) groups excluding carboxylic acids is 1. The quantitative estimate of drug-likeness (QED) is 0.693. The maximum atomic E-state index is 12.8. The number of carbonyl (C=O) groups is 1. The molecule has 0 atom stereocenters. The van der Waals surface area contributed by atoms with Gasteiger partial charge in [-0.05, 0) is 31.9 Å². The molecule has 0 spiro atoms. The zero-order valence-corrected chi connectivity index (χ0v) is 16.1. The van der Waals surface area contributed by atoms with Gasteiger partial charge in [0.05, 0.1) is 11.9 Å². The Kier molecular flexibility index (Phi) is 5.01. The molecule has 0 unspecified atom stereocenters. The summed E-state index contributed by atoms with van der Waals surface area (Å²) < 4.78 is 0.